The molecule has 2 aliphatic heterocycles. The van der Waals surface area contributed by atoms with Crippen LogP contribution in [-0.2, 0) is 14.3 Å². The zero-order valence-corrected chi connectivity index (χ0v) is 27.6. The van der Waals surface area contributed by atoms with E-state index in [1.54, 1.807) is 18.1 Å². The first-order chi connectivity index (χ1) is 21.6. The Morgan fingerprint density at radius 3 is 2.56 bits per heavy atom. The minimum atomic E-state index is -0.356. The summed E-state index contributed by atoms with van der Waals surface area (Å²) in [4.78, 5) is 28.9. The van der Waals surface area contributed by atoms with E-state index in [0.29, 0.717) is 24.9 Å². The van der Waals surface area contributed by atoms with Crippen LogP contribution in [0.1, 0.15) is 65.7 Å². The van der Waals surface area contributed by atoms with Crippen LogP contribution in [0.25, 0.3) is 0 Å². The summed E-state index contributed by atoms with van der Waals surface area (Å²) in [6.45, 7) is 9.21. The molecule has 1 aliphatic carbocycles. The van der Waals surface area contributed by atoms with Gasteiger partial charge in [-0.25, -0.2) is 4.79 Å². The van der Waals surface area contributed by atoms with Gasteiger partial charge in [-0.05, 0) is 95.8 Å². The molecular weight excluding hydrogens is 570 g/mol. The Kier molecular flexibility index (Phi) is 12.9. The molecule has 0 bridgehead atoms. The molecule has 3 aliphatic rings. The number of aliphatic hydroxyl groups is 1. The van der Waals surface area contributed by atoms with Crippen molar-refractivity contribution in [3.8, 4) is 5.75 Å². The van der Waals surface area contributed by atoms with Gasteiger partial charge in [0.15, 0.2) is 0 Å². The molecule has 9 nitrogen and oxygen atoms in total. The molecule has 3 fully saturated rings. The Morgan fingerprint density at radius 2 is 1.84 bits per heavy atom. The number of rotatable bonds is 11. The third-order valence-corrected chi connectivity index (χ3v) is 9.14. The van der Waals surface area contributed by atoms with Crippen molar-refractivity contribution in [2.75, 3.05) is 51.4 Å². The number of amides is 2. The number of hydrogen-bond acceptors (Lipinski definition) is 7. The zero-order valence-electron chi connectivity index (χ0n) is 27.6. The lowest BCUT2D eigenvalue weighted by molar-refractivity contribution is -0.117. The summed E-state index contributed by atoms with van der Waals surface area (Å²) >= 11 is 0. The molecule has 248 valence electrons. The predicted molar refractivity (Wildman–Crippen MR) is 177 cm³/mol. The van der Waals surface area contributed by atoms with Crippen molar-refractivity contribution in [1.29, 1.82) is 0 Å². The highest BCUT2D eigenvalue weighted by molar-refractivity contribution is 5.87. The molecule has 4 rings (SSSR count). The second-order valence-corrected chi connectivity index (χ2v) is 13.3. The molecule has 2 atom stereocenters. The van der Waals surface area contributed by atoms with Crippen molar-refractivity contribution in [1.82, 2.24) is 10.2 Å². The lowest BCUT2D eigenvalue weighted by Crippen LogP contribution is -2.49. The average molecular weight is 624 g/mol. The van der Waals surface area contributed by atoms with Crippen LogP contribution in [0.3, 0.4) is 0 Å². The second-order valence-electron chi connectivity index (χ2n) is 13.3. The number of carbonyl (C=O) groups is 2. The van der Waals surface area contributed by atoms with Gasteiger partial charge in [-0.2, -0.15) is 0 Å². The normalized spacial score (nSPS) is 25.8. The minimum Gasteiger partial charge on any atom is -0.497 e. The van der Waals surface area contributed by atoms with Gasteiger partial charge in [0.1, 0.15) is 12.4 Å². The topological polar surface area (TPSA) is 101 Å². The SMILES string of the molecule is COc1cccc(N2CCN(C(=O)OC/C=C\C(=O)NC3CCC(C/C=C(C)/C=C/C4CC(CO)CC(C)(C)O4)CC3)CC2)c1. The van der Waals surface area contributed by atoms with Crippen LogP contribution in [-0.4, -0.2) is 86.3 Å². The second kappa shape index (κ2) is 16.9. The van der Waals surface area contributed by atoms with Crippen LogP contribution in [0, 0.1) is 11.8 Å². The molecule has 0 spiro atoms. The molecule has 2 unspecified atom stereocenters. The van der Waals surface area contributed by atoms with E-state index >= 15 is 0 Å². The third kappa shape index (κ3) is 11.2. The van der Waals surface area contributed by atoms with Gasteiger partial charge in [-0.15, -0.1) is 0 Å². The largest absolute Gasteiger partial charge is 0.497 e. The number of allylic oxidation sites excluding steroid dienone is 3. The number of benzene rings is 1. The fourth-order valence-electron chi connectivity index (χ4n) is 6.66. The molecule has 1 aromatic rings. The van der Waals surface area contributed by atoms with Gasteiger partial charge >= 0.3 is 6.09 Å². The number of nitrogens with one attached hydrogen (secondary N) is 1. The summed E-state index contributed by atoms with van der Waals surface area (Å²) in [5.41, 5.74) is 2.11. The average Bonchev–Trinajstić information content (AvgIpc) is 3.04. The summed E-state index contributed by atoms with van der Waals surface area (Å²) in [6.07, 6.45) is 16.3. The van der Waals surface area contributed by atoms with Crippen LogP contribution in [0.5, 0.6) is 5.75 Å². The lowest BCUT2D eigenvalue weighted by Gasteiger charge is -2.39. The van der Waals surface area contributed by atoms with Crippen molar-refractivity contribution in [3.63, 3.8) is 0 Å². The van der Waals surface area contributed by atoms with E-state index in [0.717, 1.165) is 69.5 Å². The minimum absolute atomic E-state index is 0.0431. The number of methoxy groups -OCH3 is 1. The maximum Gasteiger partial charge on any atom is 0.410 e. The van der Waals surface area contributed by atoms with Gasteiger partial charge in [-0.3, -0.25) is 4.79 Å². The zero-order chi connectivity index (χ0) is 32.2. The standard InChI is InChI=1S/C36H53N3O6/c1-27(11-17-33-23-29(26-40)25-36(2,3)45-33)10-12-28-13-15-30(16-14-28)37-34(41)9-6-22-44-35(42)39-20-18-38(19-21-39)31-7-5-8-32(24-31)43-4/h5-11,17,24,28-30,33,40H,12-16,18-23,25-26H2,1-4H3,(H,37,41)/b9-6-,17-11+,27-10+. The van der Waals surface area contributed by atoms with Gasteiger partial charge in [0.25, 0.3) is 0 Å². The van der Waals surface area contributed by atoms with E-state index in [1.807, 2.05) is 24.3 Å². The van der Waals surface area contributed by atoms with Crippen molar-refractivity contribution in [2.45, 2.75) is 83.5 Å². The summed E-state index contributed by atoms with van der Waals surface area (Å²) < 4.78 is 16.9. The number of piperazine rings is 1. The van der Waals surface area contributed by atoms with Crippen LogP contribution in [0.4, 0.5) is 10.5 Å². The molecule has 1 saturated carbocycles. The molecule has 2 saturated heterocycles. The quantitative estimate of drug-likeness (QED) is 0.243. The summed E-state index contributed by atoms with van der Waals surface area (Å²) in [5, 5.41) is 12.7. The maximum atomic E-state index is 12.5. The Morgan fingerprint density at radius 1 is 1.09 bits per heavy atom. The first-order valence-electron chi connectivity index (χ1n) is 16.6. The number of carbonyl (C=O) groups excluding carboxylic acids is 2. The Balaban J connectivity index is 1.08. The number of anilines is 1. The molecular formula is C36H53N3O6. The predicted octanol–water partition coefficient (Wildman–Crippen LogP) is 5.64. The third-order valence-electron chi connectivity index (χ3n) is 9.14. The highest BCUT2D eigenvalue weighted by Crippen LogP contribution is 2.33. The maximum absolute atomic E-state index is 12.5. The smallest absolute Gasteiger partial charge is 0.410 e. The van der Waals surface area contributed by atoms with E-state index in [9.17, 15) is 14.7 Å². The first kappa shape index (κ1) is 34.6. The highest BCUT2D eigenvalue weighted by Gasteiger charge is 2.33. The fourth-order valence-corrected chi connectivity index (χ4v) is 6.66. The van der Waals surface area contributed by atoms with E-state index in [-0.39, 0.29) is 43.0 Å². The number of aliphatic hydroxyl groups excluding tert-OH is 1. The summed E-state index contributed by atoms with van der Waals surface area (Å²) in [5.74, 6) is 1.59. The van der Waals surface area contributed by atoms with Crippen molar-refractivity contribution in [2.24, 2.45) is 11.8 Å². The number of hydrogen-bond donors (Lipinski definition) is 2. The van der Waals surface area contributed by atoms with Gasteiger partial charge < -0.3 is 34.4 Å². The Labute approximate surface area is 269 Å². The summed E-state index contributed by atoms with van der Waals surface area (Å²) in [7, 11) is 1.65. The molecule has 2 N–H and O–H groups in total. The van der Waals surface area contributed by atoms with E-state index in [1.165, 1.54) is 11.6 Å². The summed E-state index contributed by atoms with van der Waals surface area (Å²) in [6, 6.07) is 8.10. The molecule has 2 amide bonds. The molecule has 1 aromatic carbocycles. The van der Waals surface area contributed by atoms with E-state index in [2.05, 4.69) is 49.2 Å². The van der Waals surface area contributed by atoms with Gasteiger partial charge in [0, 0.05) is 56.7 Å². The molecule has 2 heterocycles. The lowest BCUT2D eigenvalue weighted by atomic mass is 9.83. The van der Waals surface area contributed by atoms with Crippen LogP contribution >= 0.6 is 0 Å². The molecule has 9 heteroatoms. The number of nitrogens with zero attached hydrogens (tertiary/aromatic N) is 2. The van der Waals surface area contributed by atoms with E-state index in [4.69, 9.17) is 14.2 Å². The van der Waals surface area contributed by atoms with Crippen LogP contribution < -0.4 is 15.0 Å². The molecule has 0 radical (unpaired) electrons. The van der Waals surface area contributed by atoms with Crippen LogP contribution in [0.2, 0.25) is 0 Å². The molecule has 45 heavy (non-hydrogen) atoms. The van der Waals surface area contributed by atoms with Crippen molar-refractivity contribution >= 4 is 17.7 Å². The van der Waals surface area contributed by atoms with Gasteiger partial charge in [-0.1, -0.05) is 29.9 Å². The monoisotopic (exact) mass is 623 g/mol. The van der Waals surface area contributed by atoms with Crippen molar-refractivity contribution < 1.29 is 28.9 Å². The van der Waals surface area contributed by atoms with Crippen molar-refractivity contribution in [3.05, 3.63) is 60.2 Å². The molecule has 0 aromatic heterocycles. The van der Waals surface area contributed by atoms with Crippen LogP contribution in [0.15, 0.2) is 60.2 Å². The highest BCUT2D eigenvalue weighted by atomic mass is 16.6. The van der Waals surface area contributed by atoms with E-state index < -0.39 is 0 Å². The van der Waals surface area contributed by atoms with Gasteiger partial charge in [0.05, 0.1) is 18.8 Å². The Hall–Kier alpha value is -3.30. The first-order valence-corrected chi connectivity index (χ1v) is 16.6. The van der Waals surface area contributed by atoms with Gasteiger partial charge in [0.2, 0.25) is 5.91 Å². The Bertz CT molecular complexity index is 1190. The number of ether oxygens (including phenoxy) is 3. The fraction of sp³-hybridized carbons (Fsp3) is 0.611.